The van der Waals surface area contributed by atoms with Gasteiger partial charge < -0.3 is 9.47 Å². The van der Waals surface area contributed by atoms with Crippen molar-refractivity contribution in [3.8, 4) is 5.75 Å². The Morgan fingerprint density at radius 1 is 1.29 bits per heavy atom. The number of alkyl halides is 1. The summed E-state index contributed by atoms with van der Waals surface area (Å²) in [4.78, 5) is 0. The van der Waals surface area contributed by atoms with Crippen LogP contribution in [0.25, 0.3) is 0 Å². The van der Waals surface area contributed by atoms with Crippen LogP contribution in [0.5, 0.6) is 5.75 Å². The van der Waals surface area contributed by atoms with E-state index in [1.54, 1.807) is 6.07 Å². The lowest BCUT2D eigenvalue weighted by molar-refractivity contribution is 0.0497. The second-order valence-corrected chi connectivity index (χ2v) is 4.56. The van der Waals surface area contributed by atoms with E-state index in [4.69, 9.17) is 21.1 Å². The maximum absolute atomic E-state index is 13.2. The summed E-state index contributed by atoms with van der Waals surface area (Å²) in [6, 6.07) is 4.61. The Morgan fingerprint density at radius 2 is 2.06 bits per heavy atom. The standard InChI is InChI=1S/C13H16ClFO2/c14-8-11-5-12(15)7-13(6-11)17-9-10-1-3-16-4-2-10/h5-7,10H,1-4,8-9H2. The number of rotatable bonds is 4. The predicted octanol–water partition coefficient (Wildman–Crippen LogP) is 3.37. The molecule has 0 aromatic heterocycles. The van der Waals surface area contributed by atoms with Crippen molar-refractivity contribution in [1.82, 2.24) is 0 Å². The summed E-state index contributed by atoms with van der Waals surface area (Å²) in [5, 5.41) is 0. The monoisotopic (exact) mass is 258 g/mol. The number of hydrogen-bond donors (Lipinski definition) is 0. The lowest BCUT2D eigenvalue weighted by Gasteiger charge is -2.22. The summed E-state index contributed by atoms with van der Waals surface area (Å²) >= 11 is 5.68. The average Bonchev–Trinajstić information content (AvgIpc) is 2.37. The fourth-order valence-corrected chi connectivity index (χ4v) is 2.06. The molecule has 0 amide bonds. The second-order valence-electron chi connectivity index (χ2n) is 4.30. The largest absolute Gasteiger partial charge is 0.493 e. The van der Waals surface area contributed by atoms with Crippen molar-refractivity contribution in [2.75, 3.05) is 19.8 Å². The van der Waals surface area contributed by atoms with E-state index in [0.29, 0.717) is 24.2 Å². The molecular formula is C13H16ClFO2. The van der Waals surface area contributed by atoms with Crippen molar-refractivity contribution in [3.05, 3.63) is 29.6 Å². The first kappa shape index (κ1) is 12.7. The molecule has 0 unspecified atom stereocenters. The molecule has 4 heteroatoms. The molecule has 1 heterocycles. The first-order valence-electron chi connectivity index (χ1n) is 5.84. The normalized spacial score (nSPS) is 17.1. The van der Waals surface area contributed by atoms with Gasteiger partial charge in [0.1, 0.15) is 11.6 Å². The topological polar surface area (TPSA) is 18.5 Å². The van der Waals surface area contributed by atoms with Crippen LogP contribution in [-0.2, 0) is 10.6 Å². The molecule has 1 aromatic carbocycles. The molecule has 17 heavy (non-hydrogen) atoms. The molecule has 0 spiro atoms. The van der Waals surface area contributed by atoms with Gasteiger partial charge in [-0.25, -0.2) is 4.39 Å². The Kier molecular flexibility index (Phi) is 4.63. The van der Waals surface area contributed by atoms with Crippen LogP contribution in [-0.4, -0.2) is 19.8 Å². The van der Waals surface area contributed by atoms with E-state index in [2.05, 4.69) is 0 Å². The van der Waals surface area contributed by atoms with Gasteiger partial charge in [-0.3, -0.25) is 0 Å². The third kappa shape index (κ3) is 3.86. The van der Waals surface area contributed by atoms with E-state index >= 15 is 0 Å². The SMILES string of the molecule is Fc1cc(CCl)cc(OCC2CCOCC2)c1. The van der Waals surface area contributed by atoms with Gasteiger partial charge in [0.2, 0.25) is 0 Å². The fourth-order valence-electron chi connectivity index (χ4n) is 1.91. The van der Waals surface area contributed by atoms with Crippen LogP contribution < -0.4 is 4.74 Å². The maximum Gasteiger partial charge on any atom is 0.127 e. The van der Waals surface area contributed by atoms with Crippen molar-refractivity contribution in [1.29, 1.82) is 0 Å². The van der Waals surface area contributed by atoms with Crippen molar-refractivity contribution < 1.29 is 13.9 Å². The van der Waals surface area contributed by atoms with Gasteiger partial charge in [-0.05, 0) is 36.5 Å². The van der Waals surface area contributed by atoms with Crippen LogP contribution in [0, 0.1) is 11.7 Å². The molecule has 0 atom stereocenters. The van der Waals surface area contributed by atoms with E-state index in [-0.39, 0.29) is 5.82 Å². The van der Waals surface area contributed by atoms with Gasteiger partial charge in [0.15, 0.2) is 0 Å². The van der Waals surface area contributed by atoms with Crippen molar-refractivity contribution in [2.24, 2.45) is 5.92 Å². The van der Waals surface area contributed by atoms with Crippen LogP contribution in [0.1, 0.15) is 18.4 Å². The number of hydrogen-bond acceptors (Lipinski definition) is 2. The molecule has 2 rings (SSSR count). The Balaban J connectivity index is 1.91. The lowest BCUT2D eigenvalue weighted by atomic mass is 10.0. The van der Waals surface area contributed by atoms with Crippen LogP contribution in [0.3, 0.4) is 0 Å². The molecular weight excluding hydrogens is 243 g/mol. The summed E-state index contributed by atoms with van der Waals surface area (Å²) in [5.74, 6) is 1.06. The molecule has 0 aliphatic carbocycles. The van der Waals surface area contributed by atoms with Gasteiger partial charge >= 0.3 is 0 Å². The van der Waals surface area contributed by atoms with E-state index in [1.807, 2.05) is 0 Å². The number of benzene rings is 1. The van der Waals surface area contributed by atoms with Crippen LogP contribution in [0.2, 0.25) is 0 Å². The molecule has 1 fully saturated rings. The molecule has 0 saturated carbocycles. The van der Waals surface area contributed by atoms with Gasteiger partial charge in [0.25, 0.3) is 0 Å². The van der Waals surface area contributed by atoms with Crippen molar-refractivity contribution in [2.45, 2.75) is 18.7 Å². The molecule has 1 aliphatic heterocycles. The number of ether oxygens (including phenoxy) is 2. The predicted molar refractivity (Wildman–Crippen MR) is 65.0 cm³/mol. The molecule has 1 saturated heterocycles. The maximum atomic E-state index is 13.2. The zero-order valence-electron chi connectivity index (χ0n) is 9.62. The highest BCUT2D eigenvalue weighted by Gasteiger charge is 2.14. The van der Waals surface area contributed by atoms with Crippen molar-refractivity contribution >= 4 is 11.6 Å². The quantitative estimate of drug-likeness (QED) is 0.771. The molecule has 0 bridgehead atoms. The fraction of sp³-hybridized carbons (Fsp3) is 0.538. The highest BCUT2D eigenvalue weighted by Crippen LogP contribution is 2.21. The van der Waals surface area contributed by atoms with E-state index in [9.17, 15) is 4.39 Å². The minimum Gasteiger partial charge on any atom is -0.493 e. The van der Waals surface area contributed by atoms with Crippen molar-refractivity contribution in [3.63, 3.8) is 0 Å². The van der Waals surface area contributed by atoms with E-state index in [1.165, 1.54) is 12.1 Å². The number of halogens is 2. The summed E-state index contributed by atoms with van der Waals surface area (Å²) in [5.41, 5.74) is 0.744. The zero-order chi connectivity index (χ0) is 12.1. The second kappa shape index (κ2) is 6.22. The summed E-state index contributed by atoms with van der Waals surface area (Å²) in [7, 11) is 0. The lowest BCUT2D eigenvalue weighted by Crippen LogP contribution is -2.21. The minimum atomic E-state index is -0.301. The Labute approximate surface area is 106 Å². The molecule has 0 N–H and O–H groups in total. The minimum absolute atomic E-state index is 0.297. The zero-order valence-corrected chi connectivity index (χ0v) is 10.4. The summed E-state index contributed by atoms with van der Waals surface area (Å²) in [6.07, 6.45) is 2.02. The smallest absolute Gasteiger partial charge is 0.127 e. The summed E-state index contributed by atoms with van der Waals surface area (Å²) < 4.78 is 24.1. The first-order chi connectivity index (χ1) is 8.28. The first-order valence-corrected chi connectivity index (χ1v) is 6.37. The van der Waals surface area contributed by atoms with Gasteiger partial charge in [0, 0.05) is 25.2 Å². The molecule has 2 nitrogen and oxygen atoms in total. The van der Waals surface area contributed by atoms with Crippen LogP contribution >= 0.6 is 11.6 Å². The van der Waals surface area contributed by atoms with Gasteiger partial charge in [-0.15, -0.1) is 11.6 Å². The Hall–Kier alpha value is -0.800. The Bertz CT molecular complexity index is 364. The highest BCUT2D eigenvalue weighted by atomic mass is 35.5. The van der Waals surface area contributed by atoms with Crippen LogP contribution in [0.4, 0.5) is 4.39 Å². The van der Waals surface area contributed by atoms with E-state index in [0.717, 1.165) is 31.6 Å². The average molecular weight is 259 g/mol. The molecule has 1 aromatic rings. The van der Waals surface area contributed by atoms with Gasteiger partial charge in [0.05, 0.1) is 6.61 Å². The molecule has 94 valence electrons. The Morgan fingerprint density at radius 3 is 2.76 bits per heavy atom. The molecule has 0 radical (unpaired) electrons. The van der Waals surface area contributed by atoms with Gasteiger partial charge in [-0.2, -0.15) is 0 Å². The van der Waals surface area contributed by atoms with E-state index < -0.39 is 0 Å². The third-order valence-corrected chi connectivity index (χ3v) is 3.22. The third-order valence-electron chi connectivity index (χ3n) is 2.91. The summed E-state index contributed by atoms with van der Waals surface area (Å²) in [6.45, 7) is 2.21. The highest BCUT2D eigenvalue weighted by molar-refractivity contribution is 6.17. The molecule has 1 aliphatic rings. The van der Waals surface area contributed by atoms with Crippen LogP contribution in [0.15, 0.2) is 18.2 Å². The van der Waals surface area contributed by atoms with Gasteiger partial charge in [-0.1, -0.05) is 0 Å².